The number of aromatic amines is 2. The number of benzene rings is 3. The van der Waals surface area contributed by atoms with Crippen molar-refractivity contribution >= 4 is 146 Å². The Balaban J connectivity index is 1.16. The van der Waals surface area contributed by atoms with Crippen molar-refractivity contribution in [1.82, 2.24) is 87.6 Å². The third kappa shape index (κ3) is 26.8. The van der Waals surface area contributed by atoms with E-state index >= 15 is 28.8 Å². The third-order valence-electron chi connectivity index (χ3n) is 22.5. The summed E-state index contributed by atoms with van der Waals surface area (Å²) in [6, 6.07) is -1.83. The van der Waals surface area contributed by atoms with Crippen LogP contribution in [0.5, 0.6) is 5.75 Å². The second-order valence-electron chi connectivity index (χ2n) is 32.3. The Bertz CT molecular complexity index is 4760. The molecule has 21 N–H and O–H groups in total. The first-order valence-electron chi connectivity index (χ1n) is 41.8. The summed E-state index contributed by atoms with van der Waals surface area (Å²) in [6.07, 6.45) is 2.61. The number of fused-ring (bicyclic) bond motifs is 4. The zero-order valence-corrected chi connectivity index (χ0v) is 73.7. The molecule has 0 saturated carbocycles. The number of nitrogens with zero attached hydrogens (tertiary/aromatic N) is 5. The van der Waals surface area contributed by atoms with Gasteiger partial charge >= 0.3 is 0 Å². The molecule has 0 bridgehead atoms. The number of nitrogens with one attached hydrogen (secondary N) is 12. The molecule has 15 atom stereocenters. The zero-order valence-electron chi connectivity index (χ0n) is 72.0. The number of phenols is 1. The van der Waals surface area contributed by atoms with Gasteiger partial charge in [-0.1, -0.05) is 82.1 Å². The number of phenolic OH excluding ortho intramolecular Hbond substituents is 1. The molecule has 0 spiro atoms. The molecule has 1 unspecified atom stereocenters. The van der Waals surface area contributed by atoms with E-state index in [0.717, 1.165) is 36.3 Å². The van der Waals surface area contributed by atoms with Crippen LogP contribution in [0.25, 0.3) is 21.8 Å². The largest absolute Gasteiger partial charge is 0.508 e. The third-order valence-corrected chi connectivity index (χ3v) is 24.2. The minimum atomic E-state index is -1.87. The monoisotopic (exact) mass is 1790 g/mol. The number of aliphatic hydroxyl groups is 2. The highest BCUT2D eigenvalue weighted by molar-refractivity contribution is 8.00. The summed E-state index contributed by atoms with van der Waals surface area (Å²) in [5, 5.41) is 59.7. The van der Waals surface area contributed by atoms with E-state index in [1.807, 2.05) is 6.92 Å². The van der Waals surface area contributed by atoms with Gasteiger partial charge in [-0.3, -0.25) is 81.5 Å². The van der Waals surface area contributed by atoms with E-state index < -0.39 is 235 Å². The van der Waals surface area contributed by atoms with Crippen LogP contribution in [0, 0.1) is 5.92 Å². The van der Waals surface area contributed by atoms with Crippen LogP contribution in [0.2, 0.25) is 0 Å². The number of hydrogen-bond donors (Lipinski definition) is 18. The van der Waals surface area contributed by atoms with Crippen LogP contribution in [0.3, 0.4) is 0 Å². The molecule has 3 aromatic carbocycles. The summed E-state index contributed by atoms with van der Waals surface area (Å²) in [5.41, 5.74) is 19.9. The number of thioether (sulfide) groups is 2. The Hall–Kier alpha value is -11.9. The first-order valence-corrected chi connectivity index (χ1v) is 44.3. The predicted molar refractivity (Wildman–Crippen MR) is 467 cm³/mol. The minimum absolute atomic E-state index is 0.00825. The van der Waals surface area contributed by atoms with E-state index in [2.05, 4.69) is 63.1 Å². The van der Waals surface area contributed by atoms with Gasteiger partial charge in [0, 0.05) is 106 Å². The number of primary amides is 2. The van der Waals surface area contributed by atoms with Gasteiger partial charge in [-0.05, 0) is 105 Å². The SMILES string of the molecule is CCCC[C@H]1C(=O)N(C)[C@@H](CCSC)C(=O)N[C@@H](C)C(=O)NC(C(=O)NCC(N)=O)CSCC(=O)N[C@@H](Cc2ccc(O)cc2)C(=O)N(C)[C@@H](C)C(=O)N[C@@H](CC(N)=O)C(=O)N2CCC[C@H]2C(=O)N[C@@H](CN)C(=O)N[C@@H](CC(C)C)C(=O)N2C[C@H](O)C[C@H]2C(=O)N[C@@H](Cc2c[nH]c3ccccc23)C(=O)N[C@@H](CO)C(=O)N[C@@H](Cc2c[nH]c3ccccc23)C(=O)N1C. The van der Waals surface area contributed by atoms with Crippen molar-refractivity contribution in [3.8, 4) is 5.75 Å². The van der Waals surface area contributed by atoms with Gasteiger partial charge < -0.3 is 120 Å². The van der Waals surface area contributed by atoms with Gasteiger partial charge in [0.15, 0.2) is 0 Å². The second kappa shape index (κ2) is 46.9. The summed E-state index contributed by atoms with van der Waals surface area (Å²) >= 11 is 2.11. The quantitative estimate of drug-likeness (QED) is 0.0337. The lowest BCUT2D eigenvalue weighted by Crippen LogP contribution is -2.62. The Morgan fingerprint density at radius 2 is 1.13 bits per heavy atom. The Labute approximate surface area is 737 Å². The number of carbonyl (C=O) groups excluding carboxylic acids is 17. The van der Waals surface area contributed by atoms with Crippen molar-refractivity contribution in [2.75, 3.05) is 77.4 Å². The number of hydrogen-bond acceptors (Lipinski definition) is 23. The molecular weight excluding hydrogens is 1670 g/mol. The lowest BCUT2D eigenvalue weighted by molar-refractivity contribution is -0.149. The van der Waals surface area contributed by atoms with Crippen molar-refractivity contribution in [2.45, 2.75) is 202 Å². The molecule has 0 aliphatic carbocycles. The van der Waals surface area contributed by atoms with Crippen LogP contribution in [-0.2, 0) is 101 Å². The zero-order chi connectivity index (χ0) is 92.5. The summed E-state index contributed by atoms with van der Waals surface area (Å²) in [4.78, 5) is 257. The number of aromatic hydroxyl groups is 1. The van der Waals surface area contributed by atoms with Gasteiger partial charge in [0.2, 0.25) is 100 Å². The molecule has 5 aromatic rings. The molecule has 40 nitrogen and oxygen atoms in total. The lowest BCUT2D eigenvalue weighted by atomic mass is 10.0. The first kappa shape index (κ1) is 99.5. The smallest absolute Gasteiger partial charge is 0.246 e. The molecule has 3 fully saturated rings. The average Bonchev–Trinajstić information content (AvgIpc) is 1.71. The normalized spacial score (nSPS) is 25.8. The van der Waals surface area contributed by atoms with E-state index in [1.165, 1.54) is 71.0 Å². The van der Waals surface area contributed by atoms with Crippen LogP contribution in [0.15, 0.2) is 85.2 Å². The number of aliphatic hydroxyl groups excluding tert-OH is 2. The van der Waals surface area contributed by atoms with Crippen LogP contribution in [-0.4, -0.2) is 318 Å². The standard InChI is InChI=1S/C84H118N20O20S2/c1-10-11-21-66-84(124)101(7)64(27-29-125-9)77(117)91-45(4)71(111)99-63(73(113)90-39-69(87)109)42-126-43-70(110)92-58(31-47-23-25-50(106)26-24-47)80(120)100(6)46(5)72(112)94-60(35-68(86)108)82(122)103-28-16-22-65(103)78(118)97-61(36-85)75(115)95-57(30-44(2)3)83(123)104-40-51(107)34-67(104)79(119)93-56(32-48-37-88-54-19-14-12-17-52(48)54)74(114)98-62(41-105)76(116)96-59(81(121)102(66)8)33-49-38-89-55-20-15-13-18-53(49)55/h12-15,17-20,23-26,37-38,44-46,51,56-67,88-89,105-107H,10-11,16,21-22,27-36,39-43,85H2,1-9H3,(H2,86,108)(H2,87,109)(H,90,113)(H,91,117)(H,92,110)(H,93,119)(H,94,112)(H,95,115)(H,96,116)(H,97,118)(H,98,114)(H,99,111)/t45-,46-,51+,56-,57-,58-,59-,60-,61-,62-,63?,64-,65-,66-,67-/m0/s1. The summed E-state index contributed by atoms with van der Waals surface area (Å²) in [5.74, 6) is -17.1. The topological polar surface area (TPSA) is 597 Å². The number of amides is 17. The van der Waals surface area contributed by atoms with Crippen LogP contribution in [0.1, 0.15) is 109 Å². The fourth-order valence-corrected chi connectivity index (χ4v) is 16.7. The van der Waals surface area contributed by atoms with Crippen LogP contribution < -0.4 is 70.4 Å². The van der Waals surface area contributed by atoms with Crippen molar-refractivity contribution in [2.24, 2.45) is 23.1 Å². The Morgan fingerprint density at radius 3 is 1.73 bits per heavy atom. The summed E-state index contributed by atoms with van der Waals surface area (Å²) < 4.78 is 0. The van der Waals surface area contributed by atoms with E-state index in [9.17, 15) is 68.1 Å². The molecular formula is C84H118N20O20S2. The highest BCUT2D eigenvalue weighted by atomic mass is 32.2. The molecule has 17 amide bonds. The number of rotatable bonds is 21. The van der Waals surface area contributed by atoms with Crippen molar-refractivity contribution in [3.63, 3.8) is 0 Å². The van der Waals surface area contributed by atoms with Crippen molar-refractivity contribution in [1.29, 1.82) is 0 Å². The van der Waals surface area contributed by atoms with E-state index in [4.69, 9.17) is 17.2 Å². The number of aromatic nitrogens is 2. The molecule has 42 heteroatoms. The summed E-state index contributed by atoms with van der Waals surface area (Å²) in [7, 11) is 3.91. The molecule has 3 aliphatic heterocycles. The lowest BCUT2D eigenvalue weighted by Gasteiger charge is -2.36. The molecule has 686 valence electrons. The first-order chi connectivity index (χ1) is 59.9. The fraction of sp³-hybridized carbons (Fsp3) is 0.536. The van der Waals surface area contributed by atoms with Gasteiger partial charge in [0.05, 0.1) is 31.4 Å². The number of H-pyrrole nitrogens is 2. The van der Waals surface area contributed by atoms with Gasteiger partial charge in [-0.25, -0.2) is 0 Å². The predicted octanol–water partition coefficient (Wildman–Crippen LogP) is -3.62. The Morgan fingerprint density at radius 1 is 0.579 bits per heavy atom. The number of nitrogens with two attached hydrogens (primary N) is 3. The van der Waals surface area contributed by atoms with Crippen molar-refractivity contribution in [3.05, 3.63) is 102 Å². The van der Waals surface area contributed by atoms with E-state index in [-0.39, 0.29) is 81.8 Å². The van der Waals surface area contributed by atoms with E-state index in [1.54, 1.807) is 81.0 Å². The molecule has 126 heavy (non-hydrogen) atoms. The van der Waals surface area contributed by atoms with Crippen LogP contribution in [0.4, 0.5) is 0 Å². The highest BCUT2D eigenvalue weighted by Crippen LogP contribution is 2.28. The number of carbonyl (C=O) groups is 17. The van der Waals surface area contributed by atoms with Gasteiger partial charge in [0.25, 0.3) is 0 Å². The maximum absolute atomic E-state index is 15.6. The van der Waals surface area contributed by atoms with Gasteiger partial charge in [0.1, 0.15) is 90.3 Å². The van der Waals surface area contributed by atoms with Crippen molar-refractivity contribution < 1.29 is 96.8 Å². The molecule has 5 heterocycles. The van der Waals surface area contributed by atoms with Gasteiger partial charge in [-0.2, -0.15) is 11.8 Å². The Kier molecular flexibility index (Phi) is 37.0. The van der Waals surface area contributed by atoms with Crippen LogP contribution >= 0.6 is 23.5 Å². The summed E-state index contributed by atoms with van der Waals surface area (Å²) in [6.45, 7) is 4.95. The molecule has 3 aliphatic rings. The fourth-order valence-electron chi connectivity index (χ4n) is 15.4. The van der Waals surface area contributed by atoms with Gasteiger partial charge in [-0.15, -0.1) is 11.8 Å². The highest BCUT2D eigenvalue weighted by Gasteiger charge is 2.46. The second-order valence-corrected chi connectivity index (χ2v) is 34.3. The number of unbranched alkanes of at least 4 members (excludes halogenated alkanes) is 1. The molecule has 8 rings (SSSR count). The number of para-hydroxylation sites is 2. The molecule has 3 saturated heterocycles. The molecule has 0 radical (unpaired) electrons. The molecule has 2 aromatic heterocycles. The maximum atomic E-state index is 15.6. The average molecular weight is 1790 g/mol. The number of likely N-dealkylation sites (N-methyl/N-ethyl adjacent to an activating group) is 3. The maximum Gasteiger partial charge on any atom is 0.246 e. The minimum Gasteiger partial charge on any atom is -0.508 e. The van der Waals surface area contributed by atoms with E-state index in [0.29, 0.717) is 51.3 Å².